The minimum atomic E-state index is -5.03. The third kappa shape index (κ3) is 32.7. The fourth-order valence-electron chi connectivity index (χ4n) is 7.44. The van der Waals surface area contributed by atoms with Gasteiger partial charge in [0.15, 0.2) is 0 Å². The van der Waals surface area contributed by atoms with Crippen LogP contribution in [0.3, 0.4) is 0 Å². The number of rotatable bonds is 42. The lowest BCUT2D eigenvalue weighted by Gasteiger charge is -2.41. The van der Waals surface area contributed by atoms with Crippen molar-refractivity contribution in [2.75, 3.05) is 19.8 Å². The van der Waals surface area contributed by atoms with Crippen molar-refractivity contribution in [1.29, 1.82) is 0 Å². The Labute approximate surface area is 387 Å². The minimum Gasteiger partial charge on any atom is -0.457 e. The van der Waals surface area contributed by atoms with Crippen LogP contribution in [0.5, 0.6) is 0 Å². The summed E-state index contributed by atoms with van der Waals surface area (Å²) >= 11 is 0. The van der Waals surface area contributed by atoms with E-state index in [1.165, 1.54) is 70.6 Å². The fraction of sp³-hybridized carbons (Fsp3) is 0.784. The molecule has 64 heavy (non-hydrogen) atoms. The maximum absolute atomic E-state index is 12.8. The van der Waals surface area contributed by atoms with Crippen molar-refractivity contribution in [3.8, 4) is 0 Å². The largest absolute Gasteiger partial charge is 0.472 e. The fourth-order valence-corrected chi connectivity index (χ4v) is 8.41. The van der Waals surface area contributed by atoms with Crippen LogP contribution < -0.4 is 0 Å². The van der Waals surface area contributed by atoms with Gasteiger partial charge < -0.3 is 39.9 Å². The molecule has 1 aliphatic rings. The molecule has 0 radical (unpaired) electrons. The van der Waals surface area contributed by atoms with Crippen LogP contribution in [0.15, 0.2) is 60.8 Å². The molecule has 6 unspecified atom stereocenters. The van der Waals surface area contributed by atoms with E-state index in [0.29, 0.717) is 13.0 Å². The number of ether oxygens (including phenoxy) is 2. The average Bonchev–Trinajstić information content (AvgIpc) is 3.28. The van der Waals surface area contributed by atoms with Crippen molar-refractivity contribution >= 4 is 13.8 Å². The molecular weight excluding hydrogens is 836 g/mol. The lowest BCUT2D eigenvalue weighted by molar-refractivity contribution is -0.220. The van der Waals surface area contributed by atoms with Crippen molar-refractivity contribution in [3.05, 3.63) is 60.8 Å². The van der Waals surface area contributed by atoms with Crippen LogP contribution in [0.4, 0.5) is 0 Å². The number of allylic oxidation sites excluding steroid dienone is 10. The van der Waals surface area contributed by atoms with Crippen LogP contribution in [0.25, 0.3) is 0 Å². The minimum absolute atomic E-state index is 0.0872. The summed E-state index contributed by atoms with van der Waals surface area (Å²) in [5.74, 6) is -0.483. The number of carbonyl (C=O) groups excluding carboxylic acids is 1. The molecule has 0 amide bonds. The zero-order valence-corrected chi connectivity index (χ0v) is 40.7. The number of phosphoric ester groups is 1. The molecule has 12 nitrogen and oxygen atoms in total. The molecule has 0 aromatic rings. The van der Waals surface area contributed by atoms with E-state index in [0.717, 1.165) is 96.3 Å². The van der Waals surface area contributed by atoms with Gasteiger partial charge in [-0.25, -0.2) is 4.57 Å². The lowest BCUT2D eigenvalue weighted by Crippen LogP contribution is -2.64. The number of esters is 1. The first-order valence-corrected chi connectivity index (χ1v) is 26.6. The van der Waals surface area contributed by atoms with Crippen molar-refractivity contribution in [2.45, 2.75) is 236 Å². The predicted molar refractivity (Wildman–Crippen MR) is 258 cm³/mol. The highest BCUT2D eigenvalue weighted by Crippen LogP contribution is 2.47. The Kier molecular flexibility index (Phi) is 38.7. The average molecular weight is 927 g/mol. The van der Waals surface area contributed by atoms with Crippen LogP contribution in [-0.2, 0) is 27.9 Å². The maximum Gasteiger partial charge on any atom is 0.472 e. The molecule has 6 atom stereocenters. The molecule has 1 aliphatic carbocycles. The highest BCUT2D eigenvalue weighted by molar-refractivity contribution is 7.47. The number of aliphatic hydroxyl groups is 5. The summed E-state index contributed by atoms with van der Waals surface area (Å²) < 4.78 is 34.3. The standard InChI is InChI=1S/C51H91O12P/c1-3-5-7-9-11-13-15-17-19-20-21-22-23-24-25-27-29-31-33-35-37-39-41-60-42-44(43-61-64(58,59)63-51-49(56)47(54)46(53)48(55)50(51)57)62-45(52)40-38-36-34-32-30-28-26-18-16-14-12-10-8-6-4-2/h5,7,11,13,17,19,21-22,24-25,44,46-51,53-57H,3-4,6,8-10,12,14-16,18,20,23,26-43H2,1-2H3,(H,58,59)/b7-5-,13-11-,19-17-,22-21-,25-24-. The molecule has 13 heteroatoms. The Morgan fingerprint density at radius 1 is 0.516 bits per heavy atom. The van der Waals surface area contributed by atoms with Gasteiger partial charge in [0.1, 0.15) is 42.7 Å². The summed E-state index contributed by atoms with van der Waals surface area (Å²) in [6.45, 7) is 4.12. The molecule has 1 fully saturated rings. The molecule has 0 aliphatic heterocycles. The second-order valence-electron chi connectivity index (χ2n) is 17.3. The topological polar surface area (TPSA) is 192 Å². The van der Waals surface area contributed by atoms with E-state index < -0.39 is 63.1 Å². The van der Waals surface area contributed by atoms with Crippen molar-refractivity contribution < 1.29 is 58.3 Å². The molecule has 0 bridgehead atoms. The number of hydrogen-bond donors (Lipinski definition) is 6. The first-order valence-electron chi connectivity index (χ1n) is 25.1. The highest BCUT2D eigenvalue weighted by atomic mass is 31.2. The van der Waals surface area contributed by atoms with Gasteiger partial charge in [0.25, 0.3) is 0 Å². The van der Waals surface area contributed by atoms with Gasteiger partial charge in [0, 0.05) is 13.0 Å². The quantitative estimate of drug-likeness (QED) is 0.0147. The lowest BCUT2D eigenvalue weighted by atomic mass is 9.85. The Hall–Kier alpha value is -1.96. The van der Waals surface area contributed by atoms with E-state index in [-0.39, 0.29) is 13.0 Å². The molecule has 6 N–H and O–H groups in total. The number of aliphatic hydroxyl groups excluding tert-OH is 5. The Bertz CT molecular complexity index is 1290. The summed E-state index contributed by atoms with van der Waals surface area (Å²) in [6.07, 6.45) is 40.0. The van der Waals surface area contributed by atoms with E-state index in [9.17, 15) is 39.8 Å². The first-order chi connectivity index (χ1) is 31.0. The molecular formula is C51H91O12P. The number of carbonyl (C=O) groups is 1. The highest BCUT2D eigenvalue weighted by Gasteiger charge is 2.51. The van der Waals surface area contributed by atoms with E-state index in [1.807, 2.05) is 0 Å². The molecule has 0 heterocycles. The van der Waals surface area contributed by atoms with Crippen LogP contribution in [-0.4, -0.2) is 98.9 Å². The van der Waals surface area contributed by atoms with Crippen molar-refractivity contribution in [1.82, 2.24) is 0 Å². The smallest absolute Gasteiger partial charge is 0.457 e. The molecule has 372 valence electrons. The van der Waals surface area contributed by atoms with Crippen LogP contribution in [0, 0.1) is 0 Å². The van der Waals surface area contributed by atoms with Gasteiger partial charge in [-0.3, -0.25) is 13.8 Å². The van der Waals surface area contributed by atoms with E-state index in [4.69, 9.17) is 18.5 Å². The van der Waals surface area contributed by atoms with E-state index in [1.54, 1.807) is 0 Å². The molecule has 0 saturated heterocycles. The molecule has 1 saturated carbocycles. The third-order valence-electron chi connectivity index (χ3n) is 11.4. The zero-order valence-electron chi connectivity index (χ0n) is 39.8. The summed E-state index contributed by atoms with van der Waals surface area (Å²) in [6, 6.07) is 0. The van der Waals surface area contributed by atoms with Crippen LogP contribution >= 0.6 is 7.82 Å². The van der Waals surface area contributed by atoms with Gasteiger partial charge in [-0.1, -0.05) is 190 Å². The summed E-state index contributed by atoms with van der Waals surface area (Å²) in [4.78, 5) is 23.2. The summed E-state index contributed by atoms with van der Waals surface area (Å²) in [7, 11) is -5.03. The zero-order chi connectivity index (χ0) is 46.9. The van der Waals surface area contributed by atoms with Gasteiger partial charge in [-0.05, 0) is 57.8 Å². The van der Waals surface area contributed by atoms with Crippen molar-refractivity contribution in [3.63, 3.8) is 0 Å². The van der Waals surface area contributed by atoms with E-state index >= 15 is 0 Å². The van der Waals surface area contributed by atoms with Gasteiger partial charge in [-0.15, -0.1) is 0 Å². The van der Waals surface area contributed by atoms with Crippen molar-refractivity contribution in [2.24, 2.45) is 0 Å². The second-order valence-corrected chi connectivity index (χ2v) is 18.7. The van der Waals surface area contributed by atoms with Gasteiger partial charge >= 0.3 is 13.8 Å². The second kappa shape index (κ2) is 41.2. The molecule has 0 aromatic carbocycles. The Balaban J connectivity index is 2.36. The summed E-state index contributed by atoms with van der Waals surface area (Å²) in [5.41, 5.74) is 0. The summed E-state index contributed by atoms with van der Waals surface area (Å²) in [5, 5.41) is 50.3. The van der Waals surface area contributed by atoms with Gasteiger partial charge in [-0.2, -0.15) is 0 Å². The predicted octanol–water partition coefficient (Wildman–Crippen LogP) is 11.0. The number of phosphoric acid groups is 1. The molecule has 1 rings (SSSR count). The normalized spacial score (nSPS) is 22.2. The Morgan fingerprint density at radius 2 is 0.922 bits per heavy atom. The number of hydrogen-bond acceptors (Lipinski definition) is 11. The first kappa shape index (κ1) is 60.1. The Morgan fingerprint density at radius 3 is 1.41 bits per heavy atom. The van der Waals surface area contributed by atoms with Crippen LogP contribution in [0.2, 0.25) is 0 Å². The van der Waals surface area contributed by atoms with Gasteiger partial charge in [0.05, 0.1) is 13.2 Å². The number of unbranched alkanes of at least 4 members (excludes halogenated alkanes) is 20. The molecule has 0 aromatic heterocycles. The van der Waals surface area contributed by atoms with E-state index in [2.05, 4.69) is 74.6 Å². The SMILES string of the molecule is CC/C=C\C/C=C\C/C=C\C/C=C\C/C=C\CCCCCCCCOCC(COP(=O)(O)OC1C(O)C(O)C(O)C(O)C1O)OC(=O)CCCCCCCCCCCCCCCCC. The molecule has 0 spiro atoms. The maximum atomic E-state index is 12.8. The van der Waals surface area contributed by atoms with Gasteiger partial charge in [0.2, 0.25) is 0 Å². The van der Waals surface area contributed by atoms with Crippen LogP contribution in [0.1, 0.15) is 194 Å². The third-order valence-corrected chi connectivity index (χ3v) is 12.4. The monoisotopic (exact) mass is 927 g/mol.